The van der Waals surface area contributed by atoms with Gasteiger partial charge in [0.25, 0.3) is 0 Å². The van der Waals surface area contributed by atoms with E-state index in [4.69, 9.17) is 9.39 Å². The summed E-state index contributed by atoms with van der Waals surface area (Å²) in [6.07, 6.45) is 5.04. The van der Waals surface area contributed by atoms with Gasteiger partial charge in [-0.25, -0.2) is 9.97 Å². The second-order valence-electron chi connectivity index (χ2n) is 9.71. The third-order valence-corrected chi connectivity index (χ3v) is 6.92. The average Bonchev–Trinajstić information content (AvgIpc) is 2.76. The number of anilines is 1. The molecule has 0 radical (unpaired) electrons. The summed E-state index contributed by atoms with van der Waals surface area (Å²) in [5.41, 5.74) is 0.684. The summed E-state index contributed by atoms with van der Waals surface area (Å²) in [7, 11) is 2.07. The number of ether oxygens (including phenoxy) is 1. The maximum absolute atomic E-state index is 10.2. The van der Waals surface area contributed by atoms with Crippen molar-refractivity contribution in [2.75, 3.05) is 25.1 Å². The molecule has 7 nitrogen and oxygen atoms in total. The molecular weight excluding hydrogens is 391 g/mol. The minimum atomic E-state index is -0.914. The number of methoxy groups -OCH3 is 1. The molecule has 2 bridgehead atoms. The van der Waals surface area contributed by atoms with Crippen molar-refractivity contribution in [2.24, 2.45) is 0 Å². The number of fused-ring (bicyclic) bond motifs is 2. The molecule has 31 heavy (non-hydrogen) atoms. The van der Waals surface area contributed by atoms with Gasteiger partial charge in [-0.05, 0) is 51.2 Å². The Bertz CT molecular complexity index is 871. The Morgan fingerprint density at radius 2 is 1.81 bits per heavy atom. The van der Waals surface area contributed by atoms with Crippen molar-refractivity contribution >= 4 is 18.8 Å². The first-order chi connectivity index (χ1) is 14.7. The molecule has 3 aliphatic heterocycles. The number of aliphatic hydroxyl groups is 1. The zero-order valence-corrected chi connectivity index (χ0v) is 19.2. The molecule has 0 aromatic carbocycles. The first-order valence-electron chi connectivity index (χ1n) is 11.0. The monoisotopic (exact) mass is 424 g/mol. The fourth-order valence-electron chi connectivity index (χ4n) is 4.10. The summed E-state index contributed by atoms with van der Waals surface area (Å²) in [5.74, 6) is 1.67. The number of rotatable bonds is 8. The lowest BCUT2D eigenvalue weighted by molar-refractivity contribution is -0.0893. The van der Waals surface area contributed by atoms with E-state index in [0.29, 0.717) is 25.4 Å². The predicted octanol–water partition coefficient (Wildman–Crippen LogP) is 1.49. The van der Waals surface area contributed by atoms with Gasteiger partial charge in [0, 0.05) is 50.2 Å². The van der Waals surface area contributed by atoms with Gasteiger partial charge < -0.3 is 19.4 Å². The molecule has 3 fully saturated rings. The van der Waals surface area contributed by atoms with E-state index in [9.17, 15) is 5.11 Å². The number of hydrogen-bond acceptors (Lipinski definition) is 7. The molecule has 0 aliphatic carbocycles. The first kappa shape index (κ1) is 22.1. The van der Waals surface area contributed by atoms with Gasteiger partial charge in [-0.3, -0.25) is 4.90 Å². The summed E-state index contributed by atoms with van der Waals surface area (Å²) in [5, 5.41) is 10.2. The summed E-state index contributed by atoms with van der Waals surface area (Å²) in [6.45, 7) is 10.3. The van der Waals surface area contributed by atoms with Gasteiger partial charge in [-0.2, -0.15) is 0 Å². The van der Waals surface area contributed by atoms with E-state index < -0.39 is 11.2 Å². The lowest BCUT2D eigenvalue weighted by atomic mass is 9.83. The van der Waals surface area contributed by atoms with Gasteiger partial charge >= 0.3 is 7.48 Å². The topological polar surface area (TPSA) is 71.0 Å². The van der Waals surface area contributed by atoms with Crippen molar-refractivity contribution in [1.29, 1.82) is 0 Å². The van der Waals surface area contributed by atoms with Gasteiger partial charge in [-0.1, -0.05) is 12.1 Å². The molecule has 5 rings (SSSR count). The van der Waals surface area contributed by atoms with Crippen LogP contribution >= 0.6 is 0 Å². The quantitative estimate of drug-likeness (QED) is 0.644. The standard InChI is InChI=1S/C23H33BN4O3/c1-22(2,29)23(3,4)31-24-17-7-8-20(25-12-17)27-14-18-10-19(15-27)28(18)13-16-6-9-21(30-5)26-11-16/h6-9,11-12,18-19,24,29H,10,13-15H2,1-5H3. The van der Waals surface area contributed by atoms with E-state index in [1.54, 1.807) is 21.0 Å². The highest BCUT2D eigenvalue weighted by Crippen LogP contribution is 2.35. The Morgan fingerprint density at radius 1 is 1.06 bits per heavy atom. The number of piperazine rings is 1. The fourth-order valence-corrected chi connectivity index (χ4v) is 4.10. The first-order valence-corrected chi connectivity index (χ1v) is 11.0. The summed E-state index contributed by atoms with van der Waals surface area (Å²) in [4.78, 5) is 14.0. The number of hydrogen-bond donors (Lipinski definition) is 1. The Labute approximate surface area is 185 Å². The number of piperidine rings is 1. The predicted molar refractivity (Wildman–Crippen MR) is 123 cm³/mol. The molecule has 5 heterocycles. The van der Waals surface area contributed by atoms with Crippen molar-refractivity contribution in [2.45, 2.75) is 63.9 Å². The third kappa shape index (κ3) is 4.71. The highest BCUT2D eigenvalue weighted by Gasteiger charge is 2.44. The zero-order valence-electron chi connectivity index (χ0n) is 19.2. The van der Waals surface area contributed by atoms with Gasteiger partial charge in [0.2, 0.25) is 5.88 Å². The Kier molecular flexibility index (Phi) is 5.98. The van der Waals surface area contributed by atoms with E-state index in [-0.39, 0.29) is 0 Å². The Balaban J connectivity index is 1.31. The van der Waals surface area contributed by atoms with Crippen molar-refractivity contribution in [3.05, 3.63) is 42.2 Å². The molecule has 2 aromatic heterocycles. The van der Waals surface area contributed by atoms with Crippen LogP contribution in [-0.4, -0.2) is 70.9 Å². The molecule has 0 spiro atoms. The minimum absolute atomic E-state index is 0.430. The van der Waals surface area contributed by atoms with E-state index in [1.165, 1.54) is 12.0 Å². The Morgan fingerprint density at radius 3 is 2.35 bits per heavy atom. The van der Waals surface area contributed by atoms with Crippen molar-refractivity contribution < 1.29 is 14.5 Å². The second-order valence-corrected chi connectivity index (χ2v) is 9.71. The van der Waals surface area contributed by atoms with Crippen molar-refractivity contribution in [3.8, 4) is 5.88 Å². The molecule has 2 aromatic rings. The van der Waals surface area contributed by atoms with E-state index in [0.717, 1.165) is 30.9 Å². The van der Waals surface area contributed by atoms with Gasteiger partial charge in [0.05, 0.1) is 18.3 Å². The molecule has 166 valence electrons. The van der Waals surface area contributed by atoms with Crippen LogP contribution < -0.4 is 15.1 Å². The molecule has 3 saturated heterocycles. The number of pyridine rings is 2. The summed E-state index contributed by atoms with van der Waals surface area (Å²) >= 11 is 0. The van der Waals surface area contributed by atoms with Gasteiger partial charge in [0.1, 0.15) is 5.82 Å². The van der Waals surface area contributed by atoms with Gasteiger partial charge in [0.15, 0.2) is 0 Å². The lowest BCUT2D eigenvalue weighted by Crippen LogP contribution is -2.68. The van der Waals surface area contributed by atoms with E-state index in [1.807, 2.05) is 32.3 Å². The van der Waals surface area contributed by atoms with Gasteiger partial charge in [-0.15, -0.1) is 0 Å². The van der Waals surface area contributed by atoms with Crippen LogP contribution in [0.15, 0.2) is 36.7 Å². The third-order valence-electron chi connectivity index (χ3n) is 6.92. The molecule has 1 N–H and O–H groups in total. The van der Waals surface area contributed by atoms with Crippen LogP contribution in [0, 0.1) is 0 Å². The van der Waals surface area contributed by atoms with Crippen LogP contribution in [0.2, 0.25) is 0 Å². The average molecular weight is 424 g/mol. The molecule has 3 aliphatic rings. The maximum Gasteiger partial charge on any atom is 0.311 e. The van der Waals surface area contributed by atoms with Crippen LogP contribution in [-0.2, 0) is 11.2 Å². The lowest BCUT2D eigenvalue weighted by Gasteiger charge is -2.56. The SMILES string of the molecule is COc1ccc(CN2C3CC2CN(c2ccc(BOC(C)(C)C(C)(C)O)cn2)C3)cn1. The number of aromatic nitrogens is 2. The minimum Gasteiger partial charge on any atom is -0.481 e. The number of nitrogens with zero attached hydrogens (tertiary/aromatic N) is 4. The van der Waals surface area contributed by atoms with Crippen molar-refractivity contribution in [3.63, 3.8) is 0 Å². The molecule has 0 amide bonds. The van der Waals surface area contributed by atoms with Crippen LogP contribution in [0.3, 0.4) is 0 Å². The zero-order chi connectivity index (χ0) is 22.2. The van der Waals surface area contributed by atoms with Crippen molar-refractivity contribution in [1.82, 2.24) is 14.9 Å². The van der Waals surface area contributed by atoms with E-state index in [2.05, 4.69) is 38.0 Å². The molecule has 0 saturated carbocycles. The second kappa shape index (κ2) is 8.41. The molecule has 8 heteroatoms. The van der Waals surface area contributed by atoms with Crippen LogP contribution in [0.5, 0.6) is 5.88 Å². The molecule has 2 atom stereocenters. The smallest absolute Gasteiger partial charge is 0.311 e. The van der Waals surface area contributed by atoms with Crippen LogP contribution in [0.1, 0.15) is 39.7 Å². The van der Waals surface area contributed by atoms with Crippen LogP contribution in [0.4, 0.5) is 5.82 Å². The van der Waals surface area contributed by atoms with E-state index >= 15 is 0 Å². The highest BCUT2D eigenvalue weighted by molar-refractivity contribution is 6.46. The fraction of sp³-hybridized carbons (Fsp3) is 0.565. The highest BCUT2D eigenvalue weighted by atomic mass is 16.5. The Hall–Kier alpha value is -2.16. The van der Waals surface area contributed by atoms with Crippen LogP contribution in [0.25, 0.3) is 0 Å². The maximum atomic E-state index is 10.2. The summed E-state index contributed by atoms with van der Waals surface area (Å²) in [6, 6.07) is 9.28. The normalized spacial score (nSPS) is 21.5. The molecule has 2 unspecified atom stereocenters. The summed E-state index contributed by atoms with van der Waals surface area (Å²) < 4.78 is 11.1. The molecular formula is C23H33BN4O3. The largest absolute Gasteiger partial charge is 0.481 e.